The van der Waals surface area contributed by atoms with Gasteiger partial charge in [0.1, 0.15) is 11.4 Å². The molecule has 2 N–H and O–H groups in total. The first-order valence-electron chi connectivity index (χ1n) is 7.77. The van der Waals surface area contributed by atoms with Crippen molar-refractivity contribution in [1.82, 2.24) is 15.3 Å². The lowest BCUT2D eigenvalue weighted by atomic mass is 9.92. The molecule has 5 heteroatoms. The van der Waals surface area contributed by atoms with Gasteiger partial charge >= 0.3 is 0 Å². The number of aromatic nitrogens is 2. The number of fused-ring (bicyclic) bond motifs is 2. The number of hydrogen-bond acceptors (Lipinski definition) is 3. The van der Waals surface area contributed by atoms with Gasteiger partial charge in [0, 0.05) is 25.0 Å². The highest BCUT2D eigenvalue weighted by Crippen LogP contribution is 2.34. The third-order valence-electron chi connectivity index (χ3n) is 4.34. The maximum Gasteiger partial charge on any atom is 0.166 e. The second-order valence-corrected chi connectivity index (χ2v) is 6.14. The lowest BCUT2D eigenvalue weighted by Crippen LogP contribution is -2.26. The molecule has 2 aromatic heterocycles. The van der Waals surface area contributed by atoms with E-state index in [-0.39, 0.29) is 11.6 Å². The van der Waals surface area contributed by atoms with E-state index < -0.39 is 0 Å². The molecule has 0 aliphatic carbocycles. The Kier molecular flexibility index (Phi) is 3.31. The van der Waals surface area contributed by atoms with E-state index in [4.69, 9.17) is 4.74 Å². The van der Waals surface area contributed by atoms with Crippen molar-refractivity contribution < 1.29 is 9.13 Å². The number of H-pyrrole nitrogens is 1. The van der Waals surface area contributed by atoms with Crippen molar-refractivity contribution >= 4 is 11.0 Å². The molecule has 4 nitrogen and oxygen atoms in total. The molecule has 0 saturated heterocycles. The SMILES string of the molecule is Cc1cc2c(Oc3cc4c(cc3F)C(C)CNC4)ccnc2[nH]1. The van der Waals surface area contributed by atoms with Gasteiger partial charge in [-0.1, -0.05) is 6.92 Å². The van der Waals surface area contributed by atoms with E-state index in [9.17, 15) is 4.39 Å². The number of nitrogens with zero attached hydrogens (tertiary/aromatic N) is 1. The fourth-order valence-corrected chi connectivity index (χ4v) is 3.18. The minimum absolute atomic E-state index is 0.256. The van der Waals surface area contributed by atoms with Crippen molar-refractivity contribution in [3.63, 3.8) is 0 Å². The van der Waals surface area contributed by atoms with E-state index in [1.807, 2.05) is 13.0 Å². The molecular weight excluding hydrogens is 293 g/mol. The number of halogens is 1. The number of benzene rings is 1. The second-order valence-electron chi connectivity index (χ2n) is 6.14. The molecule has 0 fully saturated rings. The van der Waals surface area contributed by atoms with Gasteiger partial charge in [0.25, 0.3) is 0 Å². The zero-order valence-corrected chi connectivity index (χ0v) is 13.1. The number of aryl methyl sites for hydroxylation is 1. The molecule has 0 spiro atoms. The summed E-state index contributed by atoms with van der Waals surface area (Å²) < 4.78 is 20.3. The molecular formula is C18H18FN3O. The van der Waals surface area contributed by atoms with Crippen LogP contribution in [0.4, 0.5) is 4.39 Å². The summed E-state index contributed by atoms with van der Waals surface area (Å²) in [5.41, 5.74) is 3.89. The Morgan fingerprint density at radius 3 is 3.00 bits per heavy atom. The molecule has 1 aliphatic heterocycles. The third kappa shape index (κ3) is 2.47. The summed E-state index contributed by atoms with van der Waals surface area (Å²) in [6.07, 6.45) is 1.66. The fourth-order valence-electron chi connectivity index (χ4n) is 3.18. The Morgan fingerprint density at radius 1 is 1.26 bits per heavy atom. The molecule has 118 valence electrons. The maximum atomic E-state index is 14.5. The van der Waals surface area contributed by atoms with Crippen LogP contribution in [0.3, 0.4) is 0 Å². The first-order chi connectivity index (χ1) is 11.1. The van der Waals surface area contributed by atoms with Crippen molar-refractivity contribution in [2.75, 3.05) is 6.54 Å². The smallest absolute Gasteiger partial charge is 0.166 e. The quantitative estimate of drug-likeness (QED) is 0.752. The van der Waals surface area contributed by atoms with E-state index in [2.05, 4.69) is 22.2 Å². The topological polar surface area (TPSA) is 49.9 Å². The molecule has 1 unspecified atom stereocenters. The van der Waals surface area contributed by atoms with Crippen molar-refractivity contribution in [3.05, 3.63) is 53.1 Å². The number of pyridine rings is 1. The van der Waals surface area contributed by atoms with Crippen LogP contribution in [0.15, 0.2) is 30.5 Å². The summed E-state index contributed by atoms with van der Waals surface area (Å²) >= 11 is 0. The van der Waals surface area contributed by atoms with Gasteiger partial charge < -0.3 is 15.0 Å². The molecule has 0 saturated carbocycles. The average molecular weight is 311 g/mol. The summed E-state index contributed by atoms with van der Waals surface area (Å²) in [6.45, 7) is 5.67. The predicted octanol–water partition coefficient (Wildman–Crippen LogP) is 4.01. The first-order valence-corrected chi connectivity index (χ1v) is 7.77. The summed E-state index contributed by atoms with van der Waals surface area (Å²) in [5.74, 6) is 0.845. The monoisotopic (exact) mass is 311 g/mol. The van der Waals surface area contributed by atoms with Gasteiger partial charge in [-0.05, 0) is 48.2 Å². The van der Waals surface area contributed by atoms with Crippen molar-refractivity contribution in [2.45, 2.75) is 26.3 Å². The second kappa shape index (κ2) is 5.35. The van der Waals surface area contributed by atoms with E-state index in [1.165, 1.54) is 0 Å². The highest BCUT2D eigenvalue weighted by atomic mass is 19.1. The average Bonchev–Trinajstić information content (AvgIpc) is 2.90. The minimum Gasteiger partial charge on any atom is -0.453 e. The van der Waals surface area contributed by atoms with Crippen LogP contribution in [0.5, 0.6) is 11.5 Å². The molecule has 3 aromatic rings. The van der Waals surface area contributed by atoms with Crippen molar-refractivity contribution in [2.24, 2.45) is 0 Å². The maximum absolute atomic E-state index is 14.5. The normalized spacial score (nSPS) is 17.3. The van der Waals surface area contributed by atoms with Gasteiger partial charge in [0.05, 0.1) is 5.39 Å². The van der Waals surface area contributed by atoms with E-state index in [0.717, 1.165) is 40.9 Å². The fraction of sp³-hybridized carbons (Fsp3) is 0.278. The van der Waals surface area contributed by atoms with E-state index in [0.29, 0.717) is 11.7 Å². The van der Waals surface area contributed by atoms with Crippen LogP contribution in [0, 0.1) is 12.7 Å². The summed E-state index contributed by atoms with van der Waals surface area (Å²) in [7, 11) is 0. The van der Waals surface area contributed by atoms with Crippen LogP contribution in [0.1, 0.15) is 29.7 Å². The van der Waals surface area contributed by atoms with Crippen molar-refractivity contribution in [1.29, 1.82) is 0 Å². The van der Waals surface area contributed by atoms with Gasteiger partial charge in [0.15, 0.2) is 11.6 Å². The largest absolute Gasteiger partial charge is 0.453 e. The first kappa shape index (κ1) is 14.2. The van der Waals surface area contributed by atoms with Gasteiger partial charge in [-0.3, -0.25) is 0 Å². The van der Waals surface area contributed by atoms with E-state index in [1.54, 1.807) is 24.4 Å². The van der Waals surface area contributed by atoms with Crippen LogP contribution in [-0.2, 0) is 6.54 Å². The minimum atomic E-state index is -0.324. The molecule has 23 heavy (non-hydrogen) atoms. The molecule has 1 atom stereocenters. The molecule has 3 heterocycles. The van der Waals surface area contributed by atoms with Gasteiger partial charge in [-0.25, -0.2) is 9.37 Å². The Morgan fingerprint density at radius 2 is 2.13 bits per heavy atom. The third-order valence-corrected chi connectivity index (χ3v) is 4.34. The van der Waals surface area contributed by atoms with Gasteiger partial charge in [0.2, 0.25) is 0 Å². The molecule has 0 amide bonds. The molecule has 0 bridgehead atoms. The van der Waals surface area contributed by atoms with Gasteiger partial charge in [-0.15, -0.1) is 0 Å². The summed E-state index contributed by atoms with van der Waals surface area (Å²) in [6, 6.07) is 7.13. The summed E-state index contributed by atoms with van der Waals surface area (Å²) in [5, 5.41) is 4.20. The van der Waals surface area contributed by atoms with Crippen LogP contribution < -0.4 is 10.1 Å². The Balaban J connectivity index is 1.76. The van der Waals surface area contributed by atoms with E-state index >= 15 is 0 Å². The van der Waals surface area contributed by atoms with Crippen LogP contribution in [0.25, 0.3) is 11.0 Å². The number of nitrogens with one attached hydrogen (secondary N) is 2. The number of ether oxygens (including phenoxy) is 1. The zero-order chi connectivity index (χ0) is 16.0. The number of hydrogen-bond donors (Lipinski definition) is 2. The van der Waals surface area contributed by atoms with Crippen LogP contribution in [0.2, 0.25) is 0 Å². The Labute approximate surface area is 133 Å². The molecule has 1 aliphatic rings. The van der Waals surface area contributed by atoms with Crippen LogP contribution in [-0.4, -0.2) is 16.5 Å². The van der Waals surface area contributed by atoms with Crippen LogP contribution >= 0.6 is 0 Å². The highest BCUT2D eigenvalue weighted by Gasteiger charge is 2.20. The predicted molar refractivity (Wildman–Crippen MR) is 87.4 cm³/mol. The molecule has 0 radical (unpaired) electrons. The number of aromatic amines is 1. The zero-order valence-electron chi connectivity index (χ0n) is 13.1. The molecule has 4 rings (SSSR count). The standard InChI is InChI=1S/C18H18FN3O/c1-10-8-20-9-12-6-17(15(19)7-13(10)12)23-16-3-4-21-18-14(16)5-11(2)22-18/h3-7,10,20H,8-9H2,1-2H3,(H,21,22). The van der Waals surface area contributed by atoms with Crippen molar-refractivity contribution in [3.8, 4) is 11.5 Å². The lowest BCUT2D eigenvalue weighted by Gasteiger charge is -2.24. The number of rotatable bonds is 2. The highest BCUT2D eigenvalue weighted by molar-refractivity contribution is 5.83. The van der Waals surface area contributed by atoms with Gasteiger partial charge in [-0.2, -0.15) is 0 Å². The summed E-state index contributed by atoms with van der Waals surface area (Å²) in [4.78, 5) is 7.43. The Hall–Kier alpha value is -2.40. The lowest BCUT2D eigenvalue weighted by molar-refractivity contribution is 0.441. The molecule has 1 aromatic carbocycles. The Bertz CT molecular complexity index is 887.